The predicted molar refractivity (Wildman–Crippen MR) is 82.9 cm³/mol. The molecule has 1 aliphatic heterocycles. The topological polar surface area (TPSA) is 115 Å². The van der Waals surface area contributed by atoms with E-state index in [-0.39, 0.29) is 17.0 Å². The number of amides is 2. The average Bonchev–Trinajstić information content (AvgIpc) is 2.86. The summed E-state index contributed by atoms with van der Waals surface area (Å²) >= 11 is 0. The van der Waals surface area contributed by atoms with Crippen molar-refractivity contribution in [3.8, 4) is 0 Å². The van der Waals surface area contributed by atoms with Gasteiger partial charge in [-0.05, 0) is 24.3 Å². The second-order valence-electron chi connectivity index (χ2n) is 4.92. The van der Waals surface area contributed by atoms with Crippen molar-refractivity contribution in [2.24, 2.45) is 10.9 Å². The van der Waals surface area contributed by atoms with Crippen molar-refractivity contribution < 1.29 is 19.2 Å². The zero-order chi connectivity index (χ0) is 17.1. The summed E-state index contributed by atoms with van der Waals surface area (Å²) in [4.78, 5) is 45.4. The monoisotopic (exact) mass is 324 g/mol. The van der Waals surface area contributed by atoms with Gasteiger partial charge < -0.3 is 10.6 Å². The Morgan fingerprint density at radius 3 is 2.25 bits per heavy atom. The van der Waals surface area contributed by atoms with Crippen LogP contribution < -0.4 is 5.73 Å². The Kier molecular flexibility index (Phi) is 4.02. The van der Waals surface area contributed by atoms with Gasteiger partial charge in [-0.25, -0.2) is 4.79 Å². The number of rotatable bonds is 4. The zero-order valence-electron chi connectivity index (χ0n) is 12.4. The molecule has 120 valence electrons. The van der Waals surface area contributed by atoms with Gasteiger partial charge in [-0.1, -0.05) is 17.3 Å². The van der Waals surface area contributed by atoms with E-state index in [1.54, 1.807) is 24.3 Å². The average molecular weight is 324 g/mol. The molecule has 0 spiro atoms. The molecule has 1 aromatic heterocycles. The molecule has 3 rings (SSSR count). The molecule has 8 nitrogen and oxygen atoms in total. The third-order valence-electron chi connectivity index (χ3n) is 3.39. The third kappa shape index (κ3) is 2.84. The van der Waals surface area contributed by atoms with Crippen LogP contribution in [0, 0.1) is 0 Å². The number of amidine groups is 1. The molecule has 8 heteroatoms. The number of oxime groups is 1. The summed E-state index contributed by atoms with van der Waals surface area (Å²) in [5.74, 6) is -1.98. The number of pyridine rings is 1. The van der Waals surface area contributed by atoms with Gasteiger partial charge in [0, 0.05) is 18.0 Å². The van der Waals surface area contributed by atoms with Gasteiger partial charge in [0.05, 0.1) is 11.1 Å². The summed E-state index contributed by atoms with van der Waals surface area (Å²) < 4.78 is 0. The fraction of sp³-hybridized carbons (Fsp3) is 0.0625. The lowest BCUT2D eigenvalue weighted by Crippen LogP contribution is -2.35. The number of hydrogen-bond acceptors (Lipinski definition) is 6. The fourth-order valence-electron chi connectivity index (χ4n) is 2.22. The molecular formula is C16H12N4O4. The molecule has 2 heterocycles. The van der Waals surface area contributed by atoms with Crippen LogP contribution >= 0.6 is 0 Å². The van der Waals surface area contributed by atoms with Crippen molar-refractivity contribution in [1.82, 2.24) is 9.88 Å². The number of hydrogen-bond donors (Lipinski definition) is 1. The van der Waals surface area contributed by atoms with Crippen molar-refractivity contribution in [2.75, 3.05) is 6.54 Å². The number of nitrogens with two attached hydrogens (primary N) is 1. The molecule has 0 saturated carbocycles. The van der Waals surface area contributed by atoms with Crippen molar-refractivity contribution >= 4 is 23.6 Å². The first-order valence-electron chi connectivity index (χ1n) is 6.97. The SMILES string of the molecule is NC(=NOC(=O)CN1C(=O)c2ccccc2C1=O)c1ccncc1. The molecule has 0 fully saturated rings. The van der Waals surface area contributed by atoms with Crippen LogP contribution in [0.25, 0.3) is 0 Å². The molecule has 1 aromatic carbocycles. The van der Waals surface area contributed by atoms with Gasteiger partial charge >= 0.3 is 5.97 Å². The van der Waals surface area contributed by atoms with Crippen LogP contribution in [0.1, 0.15) is 26.3 Å². The molecule has 1 aliphatic rings. The summed E-state index contributed by atoms with van der Waals surface area (Å²) in [6, 6.07) is 9.53. The van der Waals surface area contributed by atoms with E-state index in [0.29, 0.717) is 5.56 Å². The number of benzene rings is 1. The first-order chi connectivity index (χ1) is 11.6. The summed E-state index contributed by atoms with van der Waals surface area (Å²) in [5.41, 5.74) is 6.72. The smallest absolute Gasteiger partial charge is 0.354 e. The largest absolute Gasteiger partial charge is 0.380 e. The van der Waals surface area contributed by atoms with E-state index in [4.69, 9.17) is 5.73 Å². The van der Waals surface area contributed by atoms with E-state index in [1.807, 2.05) is 0 Å². The van der Waals surface area contributed by atoms with Crippen LogP contribution in [-0.2, 0) is 9.63 Å². The molecule has 0 aliphatic carbocycles. The first kappa shape index (κ1) is 15.3. The maximum atomic E-state index is 12.1. The van der Waals surface area contributed by atoms with Crippen molar-refractivity contribution in [2.45, 2.75) is 0 Å². The molecule has 24 heavy (non-hydrogen) atoms. The predicted octanol–water partition coefficient (Wildman–Crippen LogP) is 0.541. The summed E-state index contributed by atoms with van der Waals surface area (Å²) in [6.07, 6.45) is 3.02. The zero-order valence-corrected chi connectivity index (χ0v) is 12.4. The maximum absolute atomic E-state index is 12.1. The number of carbonyl (C=O) groups excluding carboxylic acids is 3. The van der Waals surface area contributed by atoms with Crippen LogP contribution in [0.3, 0.4) is 0 Å². The Balaban J connectivity index is 1.66. The van der Waals surface area contributed by atoms with E-state index >= 15 is 0 Å². The maximum Gasteiger partial charge on any atom is 0.354 e. The first-order valence-corrected chi connectivity index (χ1v) is 6.97. The Bertz CT molecular complexity index is 813. The van der Waals surface area contributed by atoms with Gasteiger partial charge in [-0.15, -0.1) is 0 Å². The Morgan fingerprint density at radius 2 is 1.67 bits per heavy atom. The van der Waals surface area contributed by atoms with Crippen LogP contribution in [0.2, 0.25) is 0 Å². The van der Waals surface area contributed by atoms with Gasteiger partial charge in [-0.2, -0.15) is 0 Å². The minimum Gasteiger partial charge on any atom is -0.380 e. The van der Waals surface area contributed by atoms with Gasteiger partial charge in [0.25, 0.3) is 11.8 Å². The number of aromatic nitrogens is 1. The lowest BCUT2D eigenvalue weighted by molar-refractivity contribution is -0.143. The Morgan fingerprint density at radius 1 is 1.08 bits per heavy atom. The summed E-state index contributed by atoms with van der Waals surface area (Å²) in [5, 5.41) is 3.50. The van der Waals surface area contributed by atoms with Gasteiger partial charge in [-0.3, -0.25) is 19.5 Å². The van der Waals surface area contributed by atoms with Crippen molar-refractivity contribution in [3.63, 3.8) is 0 Å². The Labute approximate surface area is 136 Å². The molecule has 0 unspecified atom stereocenters. The number of fused-ring (bicyclic) bond motifs is 1. The lowest BCUT2D eigenvalue weighted by atomic mass is 10.1. The van der Waals surface area contributed by atoms with Crippen molar-refractivity contribution in [3.05, 3.63) is 65.5 Å². The molecule has 2 amide bonds. The van der Waals surface area contributed by atoms with E-state index in [0.717, 1.165) is 4.90 Å². The normalized spacial score (nSPS) is 13.8. The highest BCUT2D eigenvalue weighted by Gasteiger charge is 2.36. The number of imide groups is 1. The minimum absolute atomic E-state index is 0.0203. The van der Waals surface area contributed by atoms with Gasteiger partial charge in [0.2, 0.25) is 0 Å². The molecule has 0 radical (unpaired) electrons. The second-order valence-corrected chi connectivity index (χ2v) is 4.92. The molecule has 0 atom stereocenters. The van der Waals surface area contributed by atoms with Gasteiger partial charge in [0.1, 0.15) is 6.54 Å². The van der Waals surface area contributed by atoms with Crippen molar-refractivity contribution in [1.29, 1.82) is 0 Å². The number of nitrogens with zero attached hydrogens (tertiary/aromatic N) is 3. The highest BCUT2D eigenvalue weighted by atomic mass is 16.7. The van der Waals surface area contributed by atoms with Crippen LogP contribution in [0.4, 0.5) is 0 Å². The molecule has 2 aromatic rings. The second kappa shape index (κ2) is 6.29. The highest BCUT2D eigenvalue weighted by Crippen LogP contribution is 2.22. The third-order valence-corrected chi connectivity index (χ3v) is 3.39. The van der Waals surface area contributed by atoms with E-state index in [9.17, 15) is 14.4 Å². The van der Waals surface area contributed by atoms with E-state index in [1.165, 1.54) is 24.5 Å². The Hall–Kier alpha value is -3.55. The molecule has 0 saturated heterocycles. The van der Waals surface area contributed by atoms with Crippen LogP contribution in [0.5, 0.6) is 0 Å². The molecule has 2 N–H and O–H groups in total. The summed E-state index contributed by atoms with van der Waals surface area (Å²) in [7, 11) is 0. The lowest BCUT2D eigenvalue weighted by Gasteiger charge is -2.11. The fourth-order valence-corrected chi connectivity index (χ4v) is 2.22. The minimum atomic E-state index is -0.874. The van der Waals surface area contributed by atoms with Gasteiger partial charge in [0.15, 0.2) is 5.84 Å². The number of carbonyl (C=O) groups is 3. The quantitative estimate of drug-likeness (QED) is 0.289. The van der Waals surface area contributed by atoms with Crippen LogP contribution in [0.15, 0.2) is 53.9 Å². The molecule has 0 bridgehead atoms. The standard InChI is InChI=1S/C16H12N4O4/c17-14(10-5-7-18-8-6-10)19-24-13(21)9-20-15(22)11-3-1-2-4-12(11)16(20)23/h1-8H,9H2,(H2,17,19). The van der Waals surface area contributed by atoms with Crippen LogP contribution in [-0.4, -0.2) is 40.0 Å². The van der Waals surface area contributed by atoms with E-state index in [2.05, 4.69) is 15.0 Å². The highest BCUT2D eigenvalue weighted by molar-refractivity contribution is 6.22. The molecular weight excluding hydrogens is 312 g/mol. The van der Waals surface area contributed by atoms with E-state index < -0.39 is 24.3 Å². The summed E-state index contributed by atoms with van der Waals surface area (Å²) in [6.45, 7) is -0.542.